The number of carbonyl (C=O) groups is 2. The summed E-state index contributed by atoms with van der Waals surface area (Å²) in [5.41, 5.74) is -1.25. The summed E-state index contributed by atoms with van der Waals surface area (Å²) in [6.07, 6.45) is -1.15. The Kier molecular flexibility index (Phi) is 3.64. The van der Waals surface area contributed by atoms with Crippen LogP contribution in [0, 0.1) is 5.41 Å². The summed E-state index contributed by atoms with van der Waals surface area (Å²) in [6, 6.07) is 0. The molecule has 2 atom stereocenters. The maximum absolute atomic E-state index is 12.1. The van der Waals surface area contributed by atoms with Crippen LogP contribution < -0.4 is 0 Å². The molecule has 1 fully saturated rings. The lowest BCUT2D eigenvalue weighted by Gasteiger charge is -2.44. The van der Waals surface area contributed by atoms with Gasteiger partial charge in [-0.25, -0.2) is 0 Å². The monoisotopic (exact) mass is 350 g/mol. The van der Waals surface area contributed by atoms with Gasteiger partial charge in [-0.15, -0.1) is 0 Å². The quantitative estimate of drug-likeness (QED) is 0.382. The van der Waals surface area contributed by atoms with Crippen molar-refractivity contribution < 1.29 is 14.3 Å². The maximum Gasteiger partial charge on any atom is 0.319 e. The smallest absolute Gasteiger partial charge is 0.319 e. The van der Waals surface area contributed by atoms with Gasteiger partial charge in [-0.2, -0.15) is 0 Å². The molecule has 0 aromatic rings. The lowest BCUT2D eigenvalue weighted by Crippen LogP contribution is -2.62. The summed E-state index contributed by atoms with van der Waals surface area (Å²) in [4.78, 5) is 23.7. The Labute approximate surface area is 117 Å². The van der Waals surface area contributed by atoms with Crippen LogP contribution in [-0.4, -0.2) is 26.0 Å². The van der Waals surface area contributed by atoms with Gasteiger partial charge in [-0.1, -0.05) is 50.7 Å². The second-order valence-corrected chi connectivity index (χ2v) is 8.37. The van der Waals surface area contributed by atoms with E-state index in [1.165, 1.54) is 20.8 Å². The molecule has 1 aliphatic heterocycles. The molecule has 1 rings (SSSR count). The van der Waals surface area contributed by atoms with E-state index < -0.39 is 25.6 Å². The molecule has 0 aliphatic carbocycles. The van der Waals surface area contributed by atoms with Crippen molar-refractivity contribution >= 4 is 62.5 Å². The fraction of sp³-hybridized carbons (Fsp3) is 0.778. The van der Waals surface area contributed by atoms with E-state index in [9.17, 15) is 9.59 Å². The summed E-state index contributed by atoms with van der Waals surface area (Å²) < 4.78 is 1.98. The molecule has 0 spiro atoms. The minimum absolute atomic E-state index is 0.368. The molecule has 0 aromatic carbocycles. The third-order valence-electron chi connectivity index (χ3n) is 2.54. The fourth-order valence-electron chi connectivity index (χ4n) is 1.56. The largest absolute Gasteiger partial charge is 0.455 e. The molecule has 1 aliphatic rings. The molecule has 16 heavy (non-hydrogen) atoms. The van der Waals surface area contributed by atoms with E-state index in [0.717, 1.165) is 0 Å². The number of hydrogen-bond donors (Lipinski definition) is 0. The number of alkyl halides is 4. The summed E-state index contributed by atoms with van der Waals surface area (Å²) in [5.74, 6) is -1.06. The zero-order valence-electron chi connectivity index (χ0n) is 8.81. The Balaban J connectivity index is 3.22. The fourth-order valence-corrected chi connectivity index (χ4v) is 3.68. The van der Waals surface area contributed by atoms with Crippen LogP contribution in [0.2, 0.25) is 0 Å². The molecule has 0 radical (unpaired) electrons. The predicted molar refractivity (Wildman–Crippen MR) is 66.3 cm³/mol. The van der Waals surface area contributed by atoms with Crippen molar-refractivity contribution in [3.63, 3.8) is 0 Å². The number of Topliss-reactive ketones (excluding diaryl/α,β-unsaturated/α-hetero) is 1. The van der Waals surface area contributed by atoms with Crippen molar-refractivity contribution in [2.75, 3.05) is 0 Å². The molecule has 0 amide bonds. The number of ether oxygens (including phenoxy) is 1. The number of hydrogen-bond acceptors (Lipinski definition) is 3. The van der Waals surface area contributed by atoms with Crippen molar-refractivity contribution in [2.45, 2.75) is 35.0 Å². The van der Waals surface area contributed by atoms with Crippen molar-refractivity contribution in [3.8, 4) is 0 Å². The number of esters is 1. The predicted octanol–water partition coefficient (Wildman–Crippen LogP) is 3.03. The first-order chi connectivity index (χ1) is 6.91. The molecule has 1 heterocycles. The summed E-state index contributed by atoms with van der Waals surface area (Å²) in [6.45, 7) is 4.48. The third-order valence-corrected chi connectivity index (χ3v) is 3.91. The van der Waals surface area contributed by atoms with Crippen LogP contribution in [0.4, 0.5) is 0 Å². The molecule has 0 bridgehead atoms. The Morgan fingerprint density at radius 1 is 1.25 bits per heavy atom. The van der Waals surface area contributed by atoms with Gasteiger partial charge >= 0.3 is 5.97 Å². The highest BCUT2D eigenvalue weighted by Crippen LogP contribution is 2.48. The minimum Gasteiger partial charge on any atom is -0.455 e. The molecule has 7 heteroatoms. The SMILES string of the molecule is CC1(C)C(=O)O[C@@H](C(Cl)(Cl)Cl)[C@@](C)(Br)C1=O. The van der Waals surface area contributed by atoms with Gasteiger partial charge in [-0.3, -0.25) is 9.59 Å². The van der Waals surface area contributed by atoms with Gasteiger partial charge in [-0.05, 0) is 20.8 Å². The van der Waals surface area contributed by atoms with Crippen LogP contribution in [0.5, 0.6) is 0 Å². The van der Waals surface area contributed by atoms with E-state index in [4.69, 9.17) is 39.5 Å². The van der Waals surface area contributed by atoms with Crippen LogP contribution in [-0.2, 0) is 14.3 Å². The van der Waals surface area contributed by atoms with Crippen LogP contribution in [0.1, 0.15) is 20.8 Å². The number of cyclic esters (lactones) is 1. The molecule has 0 saturated carbocycles. The average Bonchev–Trinajstić information content (AvgIpc) is 2.07. The Morgan fingerprint density at radius 2 is 1.69 bits per heavy atom. The van der Waals surface area contributed by atoms with Crippen molar-refractivity contribution in [1.82, 2.24) is 0 Å². The molecule has 0 N–H and O–H groups in total. The van der Waals surface area contributed by atoms with Gasteiger partial charge in [0.05, 0.1) is 0 Å². The summed E-state index contributed by atoms with van der Waals surface area (Å²) in [5, 5.41) is 0. The first kappa shape index (κ1) is 14.6. The summed E-state index contributed by atoms with van der Waals surface area (Å²) >= 11 is 20.3. The molecular formula is C9H10BrCl3O3. The number of ketones is 1. The normalized spacial score (nSPS) is 34.8. The highest BCUT2D eigenvalue weighted by molar-refractivity contribution is 9.10. The first-order valence-electron chi connectivity index (χ1n) is 4.43. The number of carbonyl (C=O) groups excluding carboxylic acids is 2. The van der Waals surface area contributed by atoms with E-state index in [1.54, 1.807) is 0 Å². The van der Waals surface area contributed by atoms with Gasteiger partial charge in [0, 0.05) is 0 Å². The van der Waals surface area contributed by atoms with Gasteiger partial charge in [0.2, 0.25) is 3.79 Å². The van der Waals surface area contributed by atoms with E-state index in [0.29, 0.717) is 0 Å². The van der Waals surface area contributed by atoms with Gasteiger partial charge < -0.3 is 4.74 Å². The lowest BCUT2D eigenvalue weighted by molar-refractivity contribution is -0.174. The number of rotatable bonds is 0. The second-order valence-electron chi connectivity index (χ2n) is 4.36. The van der Waals surface area contributed by atoms with Crippen molar-refractivity contribution in [3.05, 3.63) is 0 Å². The van der Waals surface area contributed by atoms with Crippen LogP contribution in [0.15, 0.2) is 0 Å². The number of halogens is 4. The van der Waals surface area contributed by atoms with E-state index in [-0.39, 0.29) is 5.78 Å². The highest BCUT2D eigenvalue weighted by Gasteiger charge is 2.61. The zero-order valence-corrected chi connectivity index (χ0v) is 12.7. The van der Waals surface area contributed by atoms with Gasteiger partial charge in [0.25, 0.3) is 0 Å². The Bertz CT molecular complexity index is 346. The van der Waals surface area contributed by atoms with Crippen LogP contribution in [0.3, 0.4) is 0 Å². The molecular weight excluding hydrogens is 342 g/mol. The van der Waals surface area contributed by atoms with E-state index >= 15 is 0 Å². The highest BCUT2D eigenvalue weighted by atomic mass is 79.9. The summed E-state index contributed by atoms with van der Waals surface area (Å²) in [7, 11) is 0. The molecule has 1 saturated heterocycles. The standard InChI is InChI=1S/C9H10BrCl3O3/c1-7(2)4(14)8(3,10)5(9(11,12)13)16-6(7)15/h5H,1-3H3/t5-,8+/m1/s1. The molecule has 92 valence electrons. The maximum atomic E-state index is 12.1. The third kappa shape index (κ3) is 2.22. The van der Waals surface area contributed by atoms with E-state index in [1.807, 2.05) is 0 Å². The van der Waals surface area contributed by atoms with Gasteiger partial charge in [0.1, 0.15) is 9.74 Å². The minimum atomic E-state index is -1.86. The average molecular weight is 352 g/mol. The molecule has 3 nitrogen and oxygen atoms in total. The van der Waals surface area contributed by atoms with Crippen LogP contribution in [0.25, 0.3) is 0 Å². The lowest BCUT2D eigenvalue weighted by atomic mass is 9.77. The zero-order chi connectivity index (χ0) is 12.9. The Morgan fingerprint density at radius 3 is 2.06 bits per heavy atom. The van der Waals surface area contributed by atoms with Crippen molar-refractivity contribution in [2.24, 2.45) is 5.41 Å². The molecule has 0 aromatic heterocycles. The Hall–Kier alpha value is 0.490. The first-order valence-corrected chi connectivity index (χ1v) is 6.36. The second kappa shape index (κ2) is 4.01. The topological polar surface area (TPSA) is 43.4 Å². The van der Waals surface area contributed by atoms with E-state index in [2.05, 4.69) is 15.9 Å². The van der Waals surface area contributed by atoms with Crippen LogP contribution >= 0.6 is 50.7 Å². The molecule has 0 unspecified atom stereocenters. The van der Waals surface area contributed by atoms with Crippen molar-refractivity contribution in [1.29, 1.82) is 0 Å². The van der Waals surface area contributed by atoms with Gasteiger partial charge in [0.15, 0.2) is 11.9 Å².